The third-order valence-corrected chi connectivity index (χ3v) is 6.73. The average molecular weight is 528 g/mol. The lowest BCUT2D eigenvalue weighted by atomic mass is 9.93. The number of nitrogens with zero attached hydrogens (tertiary/aromatic N) is 2. The molecule has 1 N–H and O–H groups in total. The third-order valence-electron chi connectivity index (χ3n) is 5.85. The number of hydrogen-bond donors (Lipinski definition) is 1. The van der Waals surface area contributed by atoms with E-state index in [4.69, 9.17) is 23.4 Å². The molecule has 0 fully saturated rings. The predicted octanol–water partition coefficient (Wildman–Crippen LogP) is 3.77. The molecule has 1 atom stereocenters. The minimum absolute atomic E-state index is 0.0849. The van der Waals surface area contributed by atoms with E-state index >= 15 is 0 Å². The minimum Gasteiger partial charge on any atom is -0.493 e. The number of aliphatic imine (C=N–C) groups is 1. The van der Waals surface area contributed by atoms with Gasteiger partial charge in [-0.05, 0) is 42.2 Å². The maximum atomic E-state index is 13.3. The first kappa shape index (κ1) is 26.4. The quantitative estimate of drug-likeness (QED) is 0.345. The van der Waals surface area contributed by atoms with Crippen molar-refractivity contribution < 1.29 is 33.0 Å². The number of thioether (sulfide) groups is 1. The Balaban J connectivity index is 1.66. The number of ether oxygens (including phenoxy) is 4. The zero-order valence-corrected chi connectivity index (χ0v) is 21.9. The van der Waals surface area contributed by atoms with Crippen molar-refractivity contribution in [3.63, 3.8) is 0 Å². The number of esters is 1. The fourth-order valence-corrected chi connectivity index (χ4v) is 5.05. The van der Waals surface area contributed by atoms with Crippen LogP contribution in [0.4, 0.5) is 0 Å². The number of methoxy groups -OCH3 is 3. The Labute approximate surface area is 219 Å². The van der Waals surface area contributed by atoms with Gasteiger partial charge in [0.25, 0.3) is 0 Å². The molecule has 4 rings (SSSR count). The van der Waals surface area contributed by atoms with Crippen LogP contribution in [0.1, 0.15) is 30.7 Å². The number of carbonyl (C=O) groups excluding carboxylic acids is 2. The number of carbonyl (C=O) groups is 2. The molecule has 196 valence electrons. The van der Waals surface area contributed by atoms with E-state index in [1.54, 1.807) is 45.6 Å². The van der Waals surface area contributed by atoms with E-state index in [1.807, 2.05) is 22.4 Å². The minimum atomic E-state index is -0.596. The molecule has 2 aliphatic rings. The topological polar surface area (TPSA) is 112 Å². The molecule has 2 aromatic rings. The first-order chi connectivity index (χ1) is 18.0. The van der Waals surface area contributed by atoms with E-state index in [1.165, 1.54) is 18.9 Å². The van der Waals surface area contributed by atoms with Gasteiger partial charge in [-0.3, -0.25) is 4.79 Å². The smallest absolute Gasteiger partial charge is 0.338 e. The molecule has 10 nitrogen and oxygen atoms in total. The summed E-state index contributed by atoms with van der Waals surface area (Å²) in [7, 11) is 4.65. The zero-order valence-electron chi connectivity index (χ0n) is 21.1. The number of benzene rings is 1. The van der Waals surface area contributed by atoms with Crippen LogP contribution in [0.3, 0.4) is 0 Å². The SMILES string of the molecule is COCCOC(=O)C1=C(C)N=C2SC=C(CC(=O)NCc3ccco3)N2[C@H]1c1ccc(OC)c(OC)c1. The molecule has 1 aromatic heterocycles. The summed E-state index contributed by atoms with van der Waals surface area (Å²) < 4.78 is 26.8. The number of amides is 1. The van der Waals surface area contributed by atoms with E-state index in [0.29, 0.717) is 39.4 Å². The van der Waals surface area contributed by atoms with Crippen LogP contribution in [0.15, 0.2) is 68.4 Å². The molecule has 37 heavy (non-hydrogen) atoms. The maximum absolute atomic E-state index is 13.3. The number of amidine groups is 1. The lowest BCUT2D eigenvalue weighted by Crippen LogP contribution is -2.38. The van der Waals surface area contributed by atoms with Gasteiger partial charge in [0.2, 0.25) is 5.91 Å². The molecule has 3 heterocycles. The normalized spacial score (nSPS) is 16.6. The van der Waals surface area contributed by atoms with Crippen LogP contribution in [0.2, 0.25) is 0 Å². The van der Waals surface area contributed by atoms with Crippen molar-refractivity contribution in [3.05, 3.63) is 70.3 Å². The van der Waals surface area contributed by atoms with Crippen molar-refractivity contribution in [3.8, 4) is 11.5 Å². The van der Waals surface area contributed by atoms with Crippen LogP contribution in [-0.2, 0) is 25.6 Å². The molecule has 1 amide bonds. The average Bonchev–Trinajstić information content (AvgIpc) is 3.56. The summed E-state index contributed by atoms with van der Waals surface area (Å²) in [6.07, 6.45) is 1.64. The first-order valence-electron chi connectivity index (χ1n) is 11.6. The Morgan fingerprint density at radius 3 is 2.65 bits per heavy atom. The van der Waals surface area contributed by atoms with Gasteiger partial charge >= 0.3 is 5.97 Å². The molecule has 1 aromatic carbocycles. The molecule has 0 saturated heterocycles. The first-order valence-corrected chi connectivity index (χ1v) is 12.5. The monoisotopic (exact) mass is 527 g/mol. The summed E-state index contributed by atoms with van der Waals surface area (Å²) >= 11 is 1.40. The summed E-state index contributed by atoms with van der Waals surface area (Å²) in [5.74, 6) is 1.04. The molecule has 0 radical (unpaired) electrons. The summed E-state index contributed by atoms with van der Waals surface area (Å²) in [5.41, 5.74) is 2.37. The van der Waals surface area contributed by atoms with E-state index in [-0.39, 0.29) is 32.1 Å². The molecular weight excluding hydrogens is 498 g/mol. The lowest BCUT2D eigenvalue weighted by Gasteiger charge is -2.36. The summed E-state index contributed by atoms with van der Waals surface area (Å²) in [6.45, 7) is 2.43. The van der Waals surface area contributed by atoms with Crippen LogP contribution >= 0.6 is 11.8 Å². The van der Waals surface area contributed by atoms with Crippen molar-refractivity contribution in [2.75, 3.05) is 34.5 Å². The molecule has 0 spiro atoms. The summed E-state index contributed by atoms with van der Waals surface area (Å²) in [6, 6.07) is 8.43. The number of hydrogen-bond acceptors (Lipinski definition) is 10. The van der Waals surface area contributed by atoms with Crippen LogP contribution < -0.4 is 14.8 Å². The highest BCUT2D eigenvalue weighted by molar-refractivity contribution is 8.16. The van der Waals surface area contributed by atoms with E-state index in [2.05, 4.69) is 10.3 Å². The van der Waals surface area contributed by atoms with Gasteiger partial charge in [0, 0.05) is 12.8 Å². The van der Waals surface area contributed by atoms with Crippen LogP contribution in [0.25, 0.3) is 0 Å². The lowest BCUT2D eigenvalue weighted by molar-refractivity contribution is -0.141. The molecule has 0 saturated carbocycles. The Hall–Kier alpha value is -3.70. The zero-order chi connectivity index (χ0) is 26.4. The Bertz CT molecular complexity index is 1240. The molecule has 11 heteroatoms. The maximum Gasteiger partial charge on any atom is 0.338 e. The van der Waals surface area contributed by atoms with Crippen LogP contribution in [0, 0.1) is 0 Å². The molecule has 0 bridgehead atoms. The second-order valence-corrected chi connectivity index (χ2v) is 9.01. The van der Waals surface area contributed by atoms with Gasteiger partial charge in [-0.2, -0.15) is 0 Å². The number of fused-ring (bicyclic) bond motifs is 1. The van der Waals surface area contributed by atoms with E-state index in [0.717, 1.165) is 5.56 Å². The second-order valence-electron chi connectivity index (χ2n) is 8.17. The fourth-order valence-electron chi connectivity index (χ4n) is 4.09. The van der Waals surface area contributed by atoms with Crippen molar-refractivity contribution >= 4 is 28.8 Å². The van der Waals surface area contributed by atoms with Gasteiger partial charge < -0.3 is 33.6 Å². The number of allylic oxidation sites excluding steroid dienone is 1. The van der Waals surface area contributed by atoms with E-state index < -0.39 is 12.0 Å². The van der Waals surface area contributed by atoms with Gasteiger partial charge in [-0.15, -0.1) is 0 Å². The Kier molecular flexibility index (Phi) is 8.57. The van der Waals surface area contributed by atoms with Gasteiger partial charge in [-0.1, -0.05) is 17.8 Å². The van der Waals surface area contributed by atoms with Crippen LogP contribution in [0.5, 0.6) is 11.5 Å². The molecule has 0 aliphatic carbocycles. The van der Waals surface area contributed by atoms with Gasteiger partial charge in [0.05, 0.1) is 57.4 Å². The predicted molar refractivity (Wildman–Crippen MR) is 138 cm³/mol. The largest absolute Gasteiger partial charge is 0.493 e. The van der Waals surface area contributed by atoms with Crippen molar-refractivity contribution in [2.45, 2.75) is 25.9 Å². The highest BCUT2D eigenvalue weighted by Crippen LogP contribution is 2.46. The Morgan fingerprint density at radius 2 is 1.95 bits per heavy atom. The van der Waals surface area contributed by atoms with Gasteiger partial charge in [0.15, 0.2) is 16.7 Å². The number of nitrogens with one attached hydrogen (secondary N) is 1. The Morgan fingerprint density at radius 1 is 1.14 bits per heavy atom. The molecule has 0 unspecified atom stereocenters. The van der Waals surface area contributed by atoms with Crippen LogP contribution in [-0.4, -0.2) is 56.5 Å². The number of furan rings is 1. The number of rotatable bonds is 11. The highest BCUT2D eigenvalue weighted by atomic mass is 32.2. The molecular formula is C26H29N3O7S. The second kappa shape index (κ2) is 12.0. The van der Waals surface area contributed by atoms with Crippen molar-refractivity contribution in [1.29, 1.82) is 0 Å². The van der Waals surface area contributed by atoms with E-state index in [9.17, 15) is 9.59 Å². The van der Waals surface area contributed by atoms with Crippen molar-refractivity contribution in [1.82, 2.24) is 10.2 Å². The fraction of sp³-hybridized carbons (Fsp3) is 0.346. The van der Waals surface area contributed by atoms with Gasteiger partial charge in [0.1, 0.15) is 12.4 Å². The van der Waals surface area contributed by atoms with Crippen molar-refractivity contribution in [2.24, 2.45) is 4.99 Å². The van der Waals surface area contributed by atoms with Gasteiger partial charge in [-0.25, -0.2) is 9.79 Å². The highest BCUT2D eigenvalue weighted by Gasteiger charge is 2.41. The summed E-state index contributed by atoms with van der Waals surface area (Å²) in [5, 5.41) is 5.42. The molecule has 2 aliphatic heterocycles. The third kappa shape index (κ3) is 5.83. The standard InChI is InChI=1S/C26H29N3O7S/c1-16-23(25(31)36-11-10-32-2)24(17-7-8-20(33-3)21(12-17)34-4)29-18(15-37-26(29)28-16)13-22(30)27-14-19-6-5-9-35-19/h5-9,12,15,24H,10-11,13-14H2,1-4H3,(H,27,30)/t24-/m0/s1. The summed E-state index contributed by atoms with van der Waals surface area (Å²) in [4.78, 5) is 32.7.